The first-order chi connectivity index (χ1) is 9.88. The van der Waals surface area contributed by atoms with Crippen LogP contribution in [0.5, 0.6) is 0 Å². The molecule has 0 unspecified atom stereocenters. The third-order valence-electron chi connectivity index (χ3n) is 2.31. The van der Waals surface area contributed by atoms with Crippen molar-refractivity contribution in [2.75, 3.05) is 12.3 Å². The van der Waals surface area contributed by atoms with Gasteiger partial charge in [0.1, 0.15) is 0 Å². The molecule has 114 valence electrons. The van der Waals surface area contributed by atoms with E-state index in [1.54, 1.807) is 12.1 Å². The van der Waals surface area contributed by atoms with E-state index in [1.165, 1.54) is 23.9 Å². The quantitative estimate of drug-likeness (QED) is 0.449. The topological polar surface area (TPSA) is 101 Å². The summed E-state index contributed by atoms with van der Waals surface area (Å²) in [4.78, 5) is 33.7. The van der Waals surface area contributed by atoms with Crippen LogP contribution in [0.25, 0.3) is 0 Å². The number of hydrogen-bond acceptors (Lipinski definition) is 5. The molecule has 0 atom stereocenters. The summed E-state index contributed by atoms with van der Waals surface area (Å²) in [6, 6.07) is 5.97. The second-order valence-corrected chi connectivity index (χ2v) is 5.59. The molecule has 0 spiro atoms. The van der Waals surface area contributed by atoms with Crippen molar-refractivity contribution in [2.24, 2.45) is 0 Å². The number of carbonyl (C=O) groups is 2. The van der Waals surface area contributed by atoms with Gasteiger partial charge < -0.3 is 10.6 Å². The lowest BCUT2D eigenvalue weighted by atomic mass is 10.3. The number of nitro groups is 1. The lowest BCUT2D eigenvalue weighted by Gasteiger charge is -2.09. The number of amides is 2. The van der Waals surface area contributed by atoms with Gasteiger partial charge in [0.15, 0.2) is 0 Å². The lowest BCUT2D eigenvalue weighted by molar-refractivity contribution is -0.384. The summed E-state index contributed by atoms with van der Waals surface area (Å²) in [5, 5.41) is 15.7. The zero-order valence-electron chi connectivity index (χ0n) is 11.8. The van der Waals surface area contributed by atoms with E-state index >= 15 is 0 Å². The maximum Gasteiger partial charge on any atom is 0.269 e. The molecule has 21 heavy (non-hydrogen) atoms. The van der Waals surface area contributed by atoms with Crippen LogP contribution in [0, 0.1) is 10.1 Å². The highest BCUT2D eigenvalue weighted by atomic mass is 32.2. The largest absolute Gasteiger partial charge is 0.352 e. The van der Waals surface area contributed by atoms with Gasteiger partial charge in [0, 0.05) is 23.1 Å². The molecule has 0 aliphatic carbocycles. The van der Waals surface area contributed by atoms with Crippen LogP contribution in [-0.2, 0) is 9.59 Å². The molecule has 0 aliphatic heterocycles. The van der Waals surface area contributed by atoms with E-state index in [9.17, 15) is 19.7 Å². The molecule has 0 fully saturated rings. The van der Waals surface area contributed by atoms with Gasteiger partial charge >= 0.3 is 0 Å². The summed E-state index contributed by atoms with van der Waals surface area (Å²) in [7, 11) is 0. The van der Waals surface area contributed by atoms with E-state index in [0.29, 0.717) is 0 Å². The highest BCUT2D eigenvalue weighted by Gasteiger charge is 2.08. The molecule has 0 saturated carbocycles. The van der Waals surface area contributed by atoms with Crippen LogP contribution in [0.15, 0.2) is 29.2 Å². The molecule has 0 radical (unpaired) electrons. The highest BCUT2D eigenvalue weighted by Crippen LogP contribution is 2.20. The Hall–Kier alpha value is -2.09. The van der Waals surface area contributed by atoms with Crippen molar-refractivity contribution < 1.29 is 14.5 Å². The Morgan fingerprint density at radius 1 is 1.24 bits per heavy atom. The number of thioether (sulfide) groups is 1. The molecule has 2 N–H and O–H groups in total. The van der Waals surface area contributed by atoms with Crippen molar-refractivity contribution in [3.05, 3.63) is 34.4 Å². The van der Waals surface area contributed by atoms with Crippen molar-refractivity contribution in [3.63, 3.8) is 0 Å². The molecule has 0 bridgehead atoms. The predicted octanol–water partition coefficient (Wildman–Crippen LogP) is 1.33. The fourth-order valence-electron chi connectivity index (χ4n) is 1.42. The van der Waals surface area contributed by atoms with Crippen LogP contribution in [0.3, 0.4) is 0 Å². The van der Waals surface area contributed by atoms with Crippen molar-refractivity contribution in [3.8, 4) is 0 Å². The smallest absolute Gasteiger partial charge is 0.269 e. The van der Waals surface area contributed by atoms with Gasteiger partial charge in [-0.15, -0.1) is 11.8 Å². The van der Waals surface area contributed by atoms with E-state index in [-0.39, 0.29) is 35.8 Å². The summed E-state index contributed by atoms with van der Waals surface area (Å²) in [6.45, 7) is 3.62. The first-order valence-electron chi connectivity index (χ1n) is 6.32. The third-order valence-corrected chi connectivity index (χ3v) is 3.33. The molecular weight excluding hydrogens is 294 g/mol. The number of hydrogen-bond donors (Lipinski definition) is 2. The van der Waals surface area contributed by atoms with Gasteiger partial charge in [-0.1, -0.05) is 0 Å². The zero-order valence-corrected chi connectivity index (χ0v) is 12.6. The standard InChI is InChI=1S/C13H17N3O4S/c1-9(2)15-12(17)7-14-13(18)8-21-11-5-3-10(4-6-11)16(19)20/h3-6,9H,7-8H2,1-2H3,(H,14,18)(H,15,17). The van der Waals surface area contributed by atoms with E-state index in [0.717, 1.165) is 4.90 Å². The summed E-state index contributed by atoms with van der Waals surface area (Å²) in [6.07, 6.45) is 0. The molecule has 1 aromatic rings. The summed E-state index contributed by atoms with van der Waals surface area (Å²) >= 11 is 1.25. The molecule has 0 saturated heterocycles. The lowest BCUT2D eigenvalue weighted by Crippen LogP contribution is -2.40. The van der Waals surface area contributed by atoms with Crippen molar-refractivity contribution >= 4 is 29.3 Å². The van der Waals surface area contributed by atoms with Crippen LogP contribution in [-0.4, -0.2) is 35.1 Å². The second-order valence-electron chi connectivity index (χ2n) is 4.54. The highest BCUT2D eigenvalue weighted by molar-refractivity contribution is 8.00. The van der Waals surface area contributed by atoms with E-state index in [1.807, 2.05) is 13.8 Å². The van der Waals surface area contributed by atoms with Gasteiger partial charge in [-0.2, -0.15) is 0 Å². The number of rotatable bonds is 7. The molecular formula is C13H17N3O4S. The van der Waals surface area contributed by atoms with Crippen molar-refractivity contribution in [2.45, 2.75) is 24.8 Å². The molecule has 1 rings (SSSR count). The fourth-order valence-corrected chi connectivity index (χ4v) is 2.14. The summed E-state index contributed by atoms with van der Waals surface area (Å²) in [5.41, 5.74) is 0.00848. The molecule has 7 nitrogen and oxygen atoms in total. The minimum atomic E-state index is -0.478. The normalized spacial score (nSPS) is 10.2. The summed E-state index contributed by atoms with van der Waals surface area (Å²) in [5.74, 6) is -0.358. The first kappa shape index (κ1) is 17.0. The van der Waals surface area contributed by atoms with Gasteiger partial charge in [-0.25, -0.2) is 0 Å². The number of nitrogens with zero attached hydrogens (tertiary/aromatic N) is 1. The Labute approximate surface area is 126 Å². The van der Waals surface area contributed by atoms with E-state index in [2.05, 4.69) is 10.6 Å². The minimum absolute atomic E-state index is 0.00848. The van der Waals surface area contributed by atoms with Gasteiger partial charge in [0.25, 0.3) is 5.69 Å². The fraction of sp³-hybridized carbons (Fsp3) is 0.385. The molecule has 0 aliphatic rings. The number of non-ortho nitro benzene ring substituents is 1. The SMILES string of the molecule is CC(C)NC(=O)CNC(=O)CSc1ccc([N+](=O)[O-])cc1. The van der Waals surface area contributed by atoms with Crippen LogP contribution >= 0.6 is 11.8 Å². The Bertz CT molecular complexity index is 517. The van der Waals surface area contributed by atoms with Crippen LogP contribution < -0.4 is 10.6 Å². The molecule has 8 heteroatoms. The molecule has 2 amide bonds. The first-order valence-corrected chi connectivity index (χ1v) is 7.30. The van der Waals surface area contributed by atoms with Gasteiger partial charge in [0.05, 0.1) is 17.2 Å². The third kappa shape index (κ3) is 6.75. The van der Waals surface area contributed by atoms with Crippen LogP contribution in [0.2, 0.25) is 0 Å². The Morgan fingerprint density at radius 3 is 2.38 bits per heavy atom. The number of carbonyl (C=O) groups excluding carboxylic acids is 2. The number of nitro benzene ring substituents is 1. The van der Waals surface area contributed by atoms with Gasteiger partial charge in [-0.05, 0) is 26.0 Å². The van der Waals surface area contributed by atoms with Crippen LogP contribution in [0.4, 0.5) is 5.69 Å². The monoisotopic (exact) mass is 311 g/mol. The number of benzene rings is 1. The zero-order chi connectivity index (χ0) is 15.8. The Balaban J connectivity index is 2.32. The maximum atomic E-state index is 11.6. The maximum absolute atomic E-state index is 11.6. The predicted molar refractivity (Wildman–Crippen MR) is 80.1 cm³/mol. The summed E-state index contributed by atoms with van der Waals surface area (Å²) < 4.78 is 0. The van der Waals surface area contributed by atoms with Crippen molar-refractivity contribution in [1.82, 2.24) is 10.6 Å². The molecule has 1 aromatic carbocycles. The van der Waals surface area contributed by atoms with Gasteiger partial charge in [-0.3, -0.25) is 19.7 Å². The van der Waals surface area contributed by atoms with Crippen molar-refractivity contribution in [1.29, 1.82) is 0 Å². The molecule has 0 aromatic heterocycles. The minimum Gasteiger partial charge on any atom is -0.352 e. The number of nitrogens with one attached hydrogen (secondary N) is 2. The van der Waals surface area contributed by atoms with E-state index in [4.69, 9.17) is 0 Å². The molecule has 0 heterocycles. The second kappa shape index (κ2) is 8.25. The van der Waals surface area contributed by atoms with Crippen LogP contribution in [0.1, 0.15) is 13.8 Å². The average Bonchev–Trinajstić information content (AvgIpc) is 2.42. The van der Waals surface area contributed by atoms with E-state index < -0.39 is 4.92 Å². The van der Waals surface area contributed by atoms with Gasteiger partial charge in [0.2, 0.25) is 11.8 Å². The average molecular weight is 311 g/mol. The Kier molecular flexibility index (Phi) is 6.67. The Morgan fingerprint density at radius 2 is 1.86 bits per heavy atom.